The van der Waals surface area contributed by atoms with Crippen molar-refractivity contribution in [3.05, 3.63) is 60.3 Å². The number of nitrogens with one attached hydrogen (secondary N) is 1. The average Bonchev–Trinajstić information content (AvgIpc) is 2.90. The Bertz CT molecular complexity index is 677. The van der Waals surface area contributed by atoms with Gasteiger partial charge in [0.05, 0.1) is 12.1 Å². The van der Waals surface area contributed by atoms with Gasteiger partial charge in [-0.15, -0.1) is 5.10 Å². The molecule has 3 rings (SSSR count). The molecule has 0 aliphatic rings. The predicted octanol–water partition coefficient (Wildman–Crippen LogP) is 2.05. The van der Waals surface area contributed by atoms with Gasteiger partial charge in [0.1, 0.15) is 0 Å². The van der Waals surface area contributed by atoms with Crippen LogP contribution in [0.4, 0.5) is 5.95 Å². The molecule has 0 amide bonds. The standard InChI is InChI=1S/C15H16N4O/c1-15(11-20,12-7-3-2-4-8-12)17-14-16-13-9-5-6-10-19(13)18-14/h2-10,20H,11H2,1H3,(H,17,18). The van der Waals surface area contributed by atoms with Gasteiger partial charge in [0, 0.05) is 6.20 Å². The van der Waals surface area contributed by atoms with Gasteiger partial charge in [0.25, 0.3) is 0 Å². The molecule has 1 unspecified atom stereocenters. The number of rotatable bonds is 4. The van der Waals surface area contributed by atoms with Crippen molar-refractivity contribution in [3.63, 3.8) is 0 Å². The number of nitrogens with zero attached hydrogens (tertiary/aromatic N) is 3. The van der Waals surface area contributed by atoms with Crippen molar-refractivity contribution in [2.24, 2.45) is 0 Å². The summed E-state index contributed by atoms with van der Waals surface area (Å²) in [4.78, 5) is 4.40. The Balaban J connectivity index is 1.95. The van der Waals surface area contributed by atoms with Crippen molar-refractivity contribution in [1.82, 2.24) is 14.6 Å². The number of benzene rings is 1. The average molecular weight is 268 g/mol. The van der Waals surface area contributed by atoms with Gasteiger partial charge < -0.3 is 10.4 Å². The van der Waals surface area contributed by atoms with Gasteiger partial charge in [-0.3, -0.25) is 0 Å². The predicted molar refractivity (Wildman–Crippen MR) is 77.5 cm³/mol. The Morgan fingerprint density at radius 2 is 1.90 bits per heavy atom. The molecule has 3 aromatic rings. The summed E-state index contributed by atoms with van der Waals surface area (Å²) in [5.74, 6) is 0.497. The number of aromatic nitrogens is 3. The lowest BCUT2D eigenvalue weighted by Gasteiger charge is -2.28. The third-order valence-corrected chi connectivity index (χ3v) is 3.36. The molecular formula is C15H16N4O. The molecule has 0 aliphatic carbocycles. The van der Waals surface area contributed by atoms with Crippen LogP contribution in [0.2, 0.25) is 0 Å². The molecule has 0 radical (unpaired) electrons. The van der Waals surface area contributed by atoms with E-state index in [4.69, 9.17) is 0 Å². The number of pyridine rings is 1. The van der Waals surface area contributed by atoms with Crippen LogP contribution in [0.15, 0.2) is 54.7 Å². The van der Waals surface area contributed by atoms with E-state index < -0.39 is 5.54 Å². The summed E-state index contributed by atoms with van der Waals surface area (Å²) in [5.41, 5.74) is 1.14. The number of aliphatic hydroxyl groups is 1. The summed E-state index contributed by atoms with van der Waals surface area (Å²) >= 11 is 0. The van der Waals surface area contributed by atoms with E-state index in [0.717, 1.165) is 11.2 Å². The Morgan fingerprint density at radius 3 is 2.60 bits per heavy atom. The zero-order valence-corrected chi connectivity index (χ0v) is 11.2. The van der Waals surface area contributed by atoms with Gasteiger partial charge in [0.15, 0.2) is 5.65 Å². The van der Waals surface area contributed by atoms with Crippen LogP contribution < -0.4 is 5.32 Å². The van der Waals surface area contributed by atoms with Gasteiger partial charge in [-0.1, -0.05) is 36.4 Å². The molecular weight excluding hydrogens is 252 g/mol. The van der Waals surface area contributed by atoms with Crippen LogP contribution in [-0.4, -0.2) is 26.3 Å². The van der Waals surface area contributed by atoms with Gasteiger partial charge in [-0.05, 0) is 24.6 Å². The van der Waals surface area contributed by atoms with Gasteiger partial charge in [-0.25, -0.2) is 4.52 Å². The van der Waals surface area contributed by atoms with E-state index in [1.54, 1.807) is 4.52 Å². The highest BCUT2D eigenvalue weighted by atomic mass is 16.3. The van der Waals surface area contributed by atoms with Crippen LogP contribution in [0.5, 0.6) is 0 Å². The number of hydrogen-bond acceptors (Lipinski definition) is 4. The normalized spacial score (nSPS) is 14.1. The third-order valence-electron chi connectivity index (χ3n) is 3.36. The molecule has 0 aliphatic heterocycles. The van der Waals surface area contributed by atoms with E-state index in [1.807, 2.05) is 61.7 Å². The molecule has 1 atom stereocenters. The maximum absolute atomic E-state index is 9.75. The first-order valence-electron chi connectivity index (χ1n) is 6.47. The third kappa shape index (κ3) is 2.23. The van der Waals surface area contributed by atoms with Crippen molar-refractivity contribution < 1.29 is 5.11 Å². The fourth-order valence-electron chi connectivity index (χ4n) is 2.14. The van der Waals surface area contributed by atoms with Crippen LogP contribution >= 0.6 is 0 Å². The summed E-state index contributed by atoms with van der Waals surface area (Å²) in [6.07, 6.45) is 1.84. The number of anilines is 1. The SMILES string of the molecule is CC(CO)(Nc1nc2ccccn2n1)c1ccccc1. The first-order valence-corrected chi connectivity index (χ1v) is 6.47. The highest BCUT2D eigenvalue weighted by molar-refractivity contribution is 5.45. The van der Waals surface area contributed by atoms with Crippen LogP contribution in [0.1, 0.15) is 12.5 Å². The minimum Gasteiger partial charge on any atom is -0.394 e. The molecule has 0 bridgehead atoms. The van der Waals surface area contributed by atoms with E-state index in [1.165, 1.54) is 0 Å². The lowest BCUT2D eigenvalue weighted by Crippen LogP contribution is -2.36. The van der Waals surface area contributed by atoms with Crippen LogP contribution in [-0.2, 0) is 5.54 Å². The molecule has 5 nitrogen and oxygen atoms in total. The molecule has 5 heteroatoms. The molecule has 0 saturated heterocycles. The van der Waals surface area contributed by atoms with Crippen LogP contribution in [0.3, 0.4) is 0 Å². The van der Waals surface area contributed by atoms with Crippen LogP contribution in [0, 0.1) is 0 Å². The molecule has 0 fully saturated rings. The Hall–Kier alpha value is -2.40. The molecule has 2 aromatic heterocycles. The zero-order chi connectivity index (χ0) is 14.0. The smallest absolute Gasteiger partial charge is 0.243 e. The van der Waals surface area contributed by atoms with Gasteiger partial charge in [0.2, 0.25) is 5.95 Å². The minimum absolute atomic E-state index is 0.0490. The Labute approximate surface area is 116 Å². The van der Waals surface area contributed by atoms with Crippen LogP contribution in [0.25, 0.3) is 5.65 Å². The molecule has 0 saturated carbocycles. The summed E-state index contributed by atoms with van der Waals surface area (Å²) in [6.45, 7) is 1.88. The van der Waals surface area contributed by atoms with Gasteiger partial charge in [-0.2, -0.15) is 4.98 Å². The number of hydrogen-bond donors (Lipinski definition) is 2. The second-order valence-electron chi connectivity index (χ2n) is 4.92. The summed E-state index contributed by atoms with van der Waals surface area (Å²) < 4.78 is 1.70. The van der Waals surface area contributed by atoms with Crippen molar-refractivity contribution in [2.75, 3.05) is 11.9 Å². The number of fused-ring (bicyclic) bond motifs is 1. The summed E-state index contributed by atoms with van der Waals surface area (Å²) in [7, 11) is 0. The molecule has 20 heavy (non-hydrogen) atoms. The molecule has 1 aromatic carbocycles. The largest absolute Gasteiger partial charge is 0.394 e. The van der Waals surface area contributed by atoms with E-state index in [9.17, 15) is 5.11 Å². The lowest BCUT2D eigenvalue weighted by molar-refractivity contribution is 0.223. The molecule has 2 heterocycles. The van der Waals surface area contributed by atoms with E-state index >= 15 is 0 Å². The zero-order valence-electron chi connectivity index (χ0n) is 11.2. The summed E-state index contributed by atoms with van der Waals surface area (Å²) in [5, 5.41) is 17.3. The fraction of sp³-hybridized carbons (Fsp3) is 0.200. The summed E-state index contributed by atoms with van der Waals surface area (Å²) in [6, 6.07) is 15.5. The molecule has 2 N–H and O–H groups in total. The Kier molecular flexibility index (Phi) is 3.12. The Morgan fingerprint density at radius 1 is 1.15 bits per heavy atom. The minimum atomic E-state index is -0.619. The first kappa shape index (κ1) is 12.6. The topological polar surface area (TPSA) is 62.5 Å². The maximum atomic E-state index is 9.75. The first-order chi connectivity index (χ1) is 9.71. The van der Waals surface area contributed by atoms with Crippen molar-refractivity contribution in [1.29, 1.82) is 0 Å². The van der Waals surface area contributed by atoms with E-state index in [-0.39, 0.29) is 6.61 Å². The van der Waals surface area contributed by atoms with Crippen molar-refractivity contribution in [2.45, 2.75) is 12.5 Å². The van der Waals surface area contributed by atoms with Gasteiger partial charge >= 0.3 is 0 Å². The number of aliphatic hydroxyl groups excluding tert-OH is 1. The highest BCUT2D eigenvalue weighted by Crippen LogP contribution is 2.24. The second kappa shape index (κ2) is 4.94. The molecule has 102 valence electrons. The molecule has 0 spiro atoms. The van der Waals surface area contributed by atoms with E-state index in [0.29, 0.717) is 5.95 Å². The lowest BCUT2D eigenvalue weighted by atomic mass is 9.93. The maximum Gasteiger partial charge on any atom is 0.243 e. The quantitative estimate of drug-likeness (QED) is 0.760. The van der Waals surface area contributed by atoms with Crippen molar-refractivity contribution >= 4 is 11.6 Å². The highest BCUT2D eigenvalue weighted by Gasteiger charge is 2.26. The van der Waals surface area contributed by atoms with Crippen molar-refractivity contribution in [3.8, 4) is 0 Å². The second-order valence-corrected chi connectivity index (χ2v) is 4.92. The van der Waals surface area contributed by atoms with E-state index in [2.05, 4.69) is 15.4 Å². The monoisotopic (exact) mass is 268 g/mol. The fourth-order valence-corrected chi connectivity index (χ4v) is 2.14.